The number of aryl methyl sites for hydroxylation is 1. The Balaban J connectivity index is 1.40. The number of anilines is 1. The molecule has 10 nitrogen and oxygen atoms in total. The van der Waals surface area contributed by atoms with E-state index in [9.17, 15) is 19.5 Å². The normalized spacial score (nSPS) is 17.3. The number of benzene rings is 2. The van der Waals surface area contributed by atoms with E-state index in [1.807, 2.05) is 43.3 Å². The molecule has 2 aliphatic heterocycles. The molecular weight excluding hydrogens is 562 g/mol. The van der Waals surface area contributed by atoms with Crippen LogP contribution in [0.3, 0.4) is 0 Å². The van der Waals surface area contributed by atoms with Gasteiger partial charge >= 0.3 is 11.9 Å². The summed E-state index contributed by atoms with van der Waals surface area (Å²) in [5.74, 6) is -0.794. The van der Waals surface area contributed by atoms with E-state index in [0.29, 0.717) is 41.2 Å². The molecule has 4 aromatic rings. The molecule has 2 aromatic heterocycles. The van der Waals surface area contributed by atoms with Gasteiger partial charge in [0.1, 0.15) is 12.4 Å². The van der Waals surface area contributed by atoms with Crippen LogP contribution in [0.1, 0.15) is 67.5 Å². The average molecular weight is 598 g/mol. The van der Waals surface area contributed by atoms with E-state index >= 15 is 0 Å². The number of aliphatic hydroxyl groups is 1. The highest BCUT2D eigenvalue weighted by Gasteiger charge is 2.45. The zero-order valence-corrected chi connectivity index (χ0v) is 25.2. The summed E-state index contributed by atoms with van der Waals surface area (Å²) in [7, 11) is 1.33. The lowest BCUT2D eigenvalue weighted by molar-refractivity contribution is -0.172. The minimum absolute atomic E-state index is 0.0785. The number of aromatic nitrogens is 2. The van der Waals surface area contributed by atoms with Crippen LogP contribution in [0.2, 0.25) is 0 Å². The topological polar surface area (TPSA) is 129 Å². The first-order chi connectivity index (χ1) is 21.2. The van der Waals surface area contributed by atoms with Gasteiger partial charge in [0.25, 0.3) is 5.56 Å². The maximum Gasteiger partial charge on any atom is 0.351 e. The third kappa shape index (κ3) is 4.70. The number of hydrogen-bond acceptors (Lipinski definition) is 9. The SMILES string of the molecule is CCCNc1ccc(C(Oc2ccc3nc4c(c(CC)c3c2)Cn2c-4cc3c(c2=O)COC(=O)[C@]3(O)CC)C(=O)OC)cc1. The van der Waals surface area contributed by atoms with Crippen LogP contribution in [0, 0.1) is 0 Å². The van der Waals surface area contributed by atoms with Crippen molar-refractivity contribution in [3.05, 3.63) is 86.7 Å². The molecule has 0 saturated carbocycles. The van der Waals surface area contributed by atoms with Crippen LogP contribution < -0.4 is 15.6 Å². The van der Waals surface area contributed by atoms with Crippen molar-refractivity contribution in [2.24, 2.45) is 0 Å². The molecule has 2 aromatic carbocycles. The molecule has 2 N–H and O–H groups in total. The number of fused-ring (bicyclic) bond motifs is 5. The van der Waals surface area contributed by atoms with Crippen LogP contribution in [-0.2, 0) is 44.2 Å². The molecule has 2 atom stereocenters. The molecule has 2 aliphatic rings. The van der Waals surface area contributed by atoms with Gasteiger partial charge in [-0.1, -0.05) is 32.9 Å². The number of hydrogen-bond donors (Lipinski definition) is 2. The van der Waals surface area contributed by atoms with Crippen LogP contribution >= 0.6 is 0 Å². The fourth-order valence-corrected chi connectivity index (χ4v) is 6.16. The van der Waals surface area contributed by atoms with Gasteiger partial charge in [-0.25, -0.2) is 14.6 Å². The maximum absolute atomic E-state index is 13.6. The zero-order chi connectivity index (χ0) is 31.2. The first kappa shape index (κ1) is 29.4. The number of carbonyl (C=O) groups is 2. The van der Waals surface area contributed by atoms with Crippen molar-refractivity contribution in [3.8, 4) is 17.1 Å². The zero-order valence-electron chi connectivity index (χ0n) is 25.2. The molecular formula is C34H35N3O7. The van der Waals surface area contributed by atoms with Crippen molar-refractivity contribution >= 4 is 28.5 Å². The summed E-state index contributed by atoms with van der Waals surface area (Å²) < 4.78 is 18.1. The Morgan fingerprint density at radius 3 is 2.57 bits per heavy atom. The second-order valence-corrected chi connectivity index (χ2v) is 11.1. The highest BCUT2D eigenvalue weighted by atomic mass is 16.6. The largest absolute Gasteiger partial charge is 0.474 e. The number of ether oxygens (including phenoxy) is 3. The van der Waals surface area contributed by atoms with Crippen LogP contribution in [0.4, 0.5) is 5.69 Å². The predicted molar refractivity (Wildman–Crippen MR) is 165 cm³/mol. The van der Waals surface area contributed by atoms with E-state index in [-0.39, 0.29) is 29.7 Å². The number of nitrogens with one attached hydrogen (secondary N) is 1. The molecule has 1 unspecified atom stereocenters. The van der Waals surface area contributed by atoms with E-state index in [4.69, 9.17) is 19.2 Å². The molecule has 228 valence electrons. The number of pyridine rings is 2. The Hall–Kier alpha value is -4.70. The second kappa shape index (κ2) is 11.4. The van der Waals surface area contributed by atoms with Crippen LogP contribution in [0.25, 0.3) is 22.3 Å². The Morgan fingerprint density at radius 1 is 1.11 bits per heavy atom. The minimum atomic E-state index is -1.88. The van der Waals surface area contributed by atoms with Crippen molar-refractivity contribution in [3.63, 3.8) is 0 Å². The molecule has 0 saturated heterocycles. The Labute approximate surface area is 254 Å². The average Bonchev–Trinajstić information content (AvgIpc) is 3.41. The van der Waals surface area contributed by atoms with Gasteiger partial charge in [-0.05, 0) is 61.2 Å². The summed E-state index contributed by atoms with van der Waals surface area (Å²) in [5, 5.41) is 15.3. The molecule has 0 amide bonds. The third-order valence-corrected chi connectivity index (χ3v) is 8.59. The lowest BCUT2D eigenvalue weighted by Crippen LogP contribution is -2.44. The minimum Gasteiger partial charge on any atom is -0.474 e. The molecule has 0 aliphatic carbocycles. The van der Waals surface area contributed by atoms with E-state index in [1.54, 1.807) is 23.6 Å². The van der Waals surface area contributed by atoms with Gasteiger partial charge in [0.05, 0.1) is 36.1 Å². The van der Waals surface area contributed by atoms with Gasteiger partial charge in [0, 0.05) is 34.3 Å². The van der Waals surface area contributed by atoms with Gasteiger partial charge < -0.3 is 29.2 Å². The summed E-state index contributed by atoms with van der Waals surface area (Å²) in [4.78, 5) is 43.9. The van der Waals surface area contributed by atoms with Crippen LogP contribution in [0.5, 0.6) is 5.75 Å². The molecule has 0 fully saturated rings. The summed E-state index contributed by atoms with van der Waals surface area (Å²) >= 11 is 0. The summed E-state index contributed by atoms with van der Waals surface area (Å²) in [6.07, 6.45) is 0.759. The van der Waals surface area contributed by atoms with Crippen molar-refractivity contribution < 1.29 is 28.9 Å². The molecule has 0 radical (unpaired) electrons. The van der Waals surface area contributed by atoms with Gasteiger partial charge in [0.2, 0.25) is 6.10 Å². The van der Waals surface area contributed by atoms with Crippen LogP contribution in [-0.4, -0.2) is 40.3 Å². The highest BCUT2D eigenvalue weighted by Crippen LogP contribution is 2.41. The smallest absolute Gasteiger partial charge is 0.351 e. The molecule has 0 bridgehead atoms. The van der Waals surface area contributed by atoms with Gasteiger partial charge in [-0.3, -0.25) is 4.79 Å². The van der Waals surface area contributed by atoms with Gasteiger partial charge in [0.15, 0.2) is 5.60 Å². The predicted octanol–water partition coefficient (Wildman–Crippen LogP) is 4.76. The summed E-state index contributed by atoms with van der Waals surface area (Å²) in [6.45, 7) is 6.78. The van der Waals surface area contributed by atoms with E-state index in [0.717, 1.165) is 35.2 Å². The van der Waals surface area contributed by atoms with E-state index in [1.165, 1.54) is 7.11 Å². The van der Waals surface area contributed by atoms with Gasteiger partial charge in [-0.15, -0.1) is 0 Å². The highest BCUT2D eigenvalue weighted by molar-refractivity contribution is 5.90. The number of esters is 2. The van der Waals surface area contributed by atoms with Crippen LogP contribution in [0.15, 0.2) is 53.3 Å². The first-order valence-electron chi connectivity index (χ1n) is 14.9. The van der Waals surface area contributed by atoms with Crippen molar-refractivity contribution in [2.75, 3.05) is 19.0 Å². The molecule has 10 heteroatoms. The van der Waals surface area contributed by atoms with Crippen molar-refractivity contribution in [2.45, 2.75) is 64.9 Å². The number of rotatable bonds is 9. The van der Waals surface area contributed by atoms with E-state index in [2.05, 4.69) is 12.2 Å². The molecule has 4 heterocycles. The number of nitrogens with zero attached hydrogens (tertiary/aromatic N) is 2. The fraction of sp³-hybridized carbons (Fsp3) is 0.353. The van der Waals surface area contributed by atoms with Crippen molar-refractivity contribution in [1.82, 2.24) is 9.55 Å². The lowest BCUT2D eigenvalue weighted by Gasteiger charge is -2.31. The van der Waals surface area contributed by atoms with E-state index < -0.39 is 23.6 Å². The third-order valence-electron chi connectivity index (χ3n) is 8.59. The number of methoxy groups -OCH3 is 1. The Kier molecular flexibility index (Phi) is 7.63. The lowest BCUT2D eigenvalue weighted by atomic mass is 9.86. The Morgan fingerprint density at radius 2 is 1.89 bits per heavy atom. The fourth-order valence-electron chi connectivity index (χ4n) is 6.16. The summed E-state index contributed by atoms with van der Waals surface area (Å²) in [6, 6.07) is 14.7. The second-order valence-electron chi connectivity index (χ2n) is 11.1. The maximum atomic E-state index is 13.6. The number of cyclic esters (lactones) is 1. The molecule has 0 spiro atoms. The van der Waals surface area contributed by atoms with Gasteiger partial charge in [-0.2, -0.15) is 0 Å². The van der Waals surface area contributed by atoms with Crippen molar-refractivity contribution in [1.29, 1.82) is 0 Å². The molecule has 6 rings (SSSR count). The monoisotopic (exact) mass is 597 g/mol. The standard InChI is InChI=1S/C34H35N3O7/c1-5-14-35-20-10-8-19(9-11-20)30(32(39)42-4)44-21-12-13-27-23(15-21)22(6-2)24-17-37-28(29(24)36-27)16-26-25(31(37)38)18-43-33(40)34(26,41)7-3/h8-13,15-16,30,35,41H,5-7,14,17-18H2,1-4H3/t30?,34-/m0/s1. The molecule has 44 heavy (non-hydrogen) atoms. The summed E-state index contributed by atoms with van der Waals surface area (Å²) in [5.41, 5.74) is 3.78. The number of carbonyl (C=O) groups excluding carboxylic acids is 2. The Bertz CT molecular complexity index is 1850. The quantitative estimate of drug-likeness (QED) is 0.231. The first-order valence-corrected chi connectivity index (χ1v) is 14.9.